The molecule has 0 saturated carbocycles. The van der Waals surface area contributed by atoms with Gasteiger partial charge in [0, 0.05) is 11.2 Å². The van der Waals surface area contributed by atoms with Gasteiger partial charge in [-0.05, 0) is 36.4 Å². The van der Waals surface area contributed by atoms with Gasteiger partial charge in [0.1, 0.15) is 0 Å². The molecule has 1 unspecified atom stereocenters. The van der Waals surface area contributed by atoms with Gasteiger partial charge in [0.15, 0.2) is 9.79 Å². The Kier molecular flexibility index (Phi) is 9.70. The molecule has 0 aliphatic heterocycles. The van der Waals surface area contributed by atoms with Crippen molar-refractivity contribution in [2.45, 2.75) is 14.7 Å². The van der Waals surface area contributed by atoms with Crippen LogP contribution in [0, 0.1) is 0 Å². The maximum atomic E-state index is 12.1. The third kappa shape index (κ3) is 5.67. The van der Waals surface area contributed by atoms with Crippen LogP contribution in [-0.4, -0.2) is 68.9 Å². The number of halogens is 1. The molecule has 20 heavy (non-hydrogen) atoms. The van der Waals surface area contributed by atoms with E-state index in [2.05, 4.69) is 0 Å². The molecule has 2 rings (SSSR count). The fraction of sp³-hybridized carbons (Fsp3) is 0. The van der Waals surface area contributed by atoms with Gasteiger partial charge in [0.25, 0.3) is 10.1 Å². The Morgan fingerprint density at radius 1 is 0.900 bits per heavy atom. The third-order valence-electron chi connectivity index (χ3n) is 2.29. The van der Waals surface area contributed by atoms with Crippen molar-refractivity contribution in [2.24, 2.45) is 0 Å². The SMILES string of the molecule is I.O=S(=O)(O)c1ccc([S+]([O-])c2ccccc2)cc1.[KH]. The van der Waals surface area contributed by atoms with E-state index in [1.54, 1.807) is 24.3 Å². The summed E-state index contributed by atoms with van der Waals surface area (Å²) in [5, 5.41) is 0. The van der Waals surface area contributed by atoms with Crippen LogP contribution in [0.25, 0.3) is 0 Å². The first kappa shape index (κ1) is 21.0. The zero-order valence-electron chi connectivity index (χ0n) is 9.59. The van der Waals surface area contributed by atoms with Gasteiger partial charge < -0.3 is 4.55 Å². The second-order valence-corrected chi connectivity index (χ2v) is 6.43. The molecule has 0 radical (unpaired) electrons. The van der Waals surface area contributed by atoms with Gasteiger partial charge in [-0.1, -0.05) is 18.2 Å². The summed E-state index contributed by atoms with van der Waals surface area (Å²) >= 11 is -1.36. The molecule has 1 atom stereocenters. The van der Waals surface area contributed by atoms with Crippen molar-refractivity contribution < 1.29 is 17.5 Å². The molecule has 0 spiro atoms. The molecule has 0 bridgehead atoms. The summed E-state index contributed by atoms with van der Waals surface area (Å²) in [4.78, 5) is 0.905. The van der Waals surface area contributed by atoms with E-state index in [1.165, 1.54) is 24.3 Å². The molecule has 0 aliphatic rings. The Morgan fingerprint density at radius 2 is 1.35 bits per heavy atom. The molecule has 2 aromatic rings. The van der Waals surface area contributed by atoms with Crippen molar-refractivity contribution in [3.8, 4) is 0 Å². The normalized spacial score (nSPS) is 11.9. The molecule has 0 aromatic heterocycles. The predicted molar refractivity (Wildman–Crippen MR) is 89.9 cm³/mol. The van der Waals surface area contributed by atoms with Crippen molar-refractivity contribution in [3.63, 3.8) is 0 Å². The molecule has 2 aromatic carbocycles. The van der Waals surface area contributed by atoms with Gasteiger partial charge in [0.2, 0.25) is 0 Å². The summed E-state index contributed by atoms with van der Waals surface area (Å²) in [5.41, 5.74) is 0. The Morgan fingerprint density at radius 3 is 1.80 bits per heavy atom. The zero-order chi connectivity index (χ0) is 13.2. The minimum absolute atomic E-state index is 0. The van der Waals surface area contributed by atoms with Crippen molar-refractivity contribution in [1.29, 1.82) is 0 Å². The molecule has 104 valence electrons. The maximum absolute atomic E-state index is 12.1. The summed E-state index contributed by atoms with van der Waals surface area (Å²) in [6.45, 7) is 0. The summed E-state index contributed by atoms with van der Waals surface area (Å²) in [6.07, 6.45) is 0. The molecule has 0 saturated heterocycles. The van der Waals surface area contributed by atoms with E-state index in [1.807, 2.05) is 6.07 Å². The summed E-state index contributed by atoms with van der Waals surface area (Å²) < 4.78 is 42.7. The quantitative estimate of drug-likeness (QED) is 0.336. The van der Waals surface area contributed by atoms with Crippen LogP contribution in [0.3, 0.4) is 0 Å². The molecule has 0 fully saturated rings. The fourth-order valence-corrected chi connectivity index (χ4v) is 2.96. The minimum atomic E-state index is -4.21. The average Bonchev–Trinajstić information content (AvgIpc) is 2.38. The molecule has 8 heteroatoms. The Labute approximate surface area is 180 Å². The molecule has 4 nitrogen and oxygen atoms in total. The van der Waals surface area contributed by atoms with Crippen LogP contribution in [0.5, 0.6) is 0 Å². The third-order valence-corrected chi connectivity index (χ3v) is 4.56. The van der Waals surface area contributed by atoms with E-state index in [9.17, 15) is 13.0 Å². The topological polar surface area (TPSA) is 77.4 Å². The standard InChI is InChI=1S/C12H10O4S2.HI.K.H/c13-17(10-4-2-1-3-5-10)11-6-8-12(9-7-11)18(14,15)16;;;/h1-9H,(H,14,15,16);1H;;. The molecule has 0 amide bonds. The summed E-state index contributed by atoms with van der Waals surface area (Å²) in [6, 6.07) is 14.1. The molecule has 1 N–H and O–H groups in total. The molecule has 0 aliphatic carbocycles. The van der Waals surface area contributed by atoms with Gasteiger partial charge in [-0.2, -0.15) is 8.42 Å². The predicted octanol–water partition coefficient (Wildman–Crippen LogP) is 2.07. The summed E-state index contributed by atoms with van der Waals surface area (Å²) in [5.74, 6) is 0. The Balaban J connectivity index is 0.00000180. The van der Waals surface area contributed by atoms with E-state index in [4.69, 9.17) is 4.55 Å². The van der Waals surface area contributed by atoms with E-state index in [0.29, 0.717) is 9.79 Å². The van der Waals surface area contributed by atoms with Crippen LogP contribution < -0.4 is 0 Å². The van der Waals surface area contributed by atoms with Crippen LogP contribution in [0.1, 0.15) is 0 Å². The van der Waals surface area contributed by atoms with Gasteiger partial charge in [-0.15, -0.1) is 24.0 Å². The van der Waals surface area contributed by atoms with Crippen molar-refractivity contribution >= 4 is 96.7 Å². The van der Waals surface area contributed by atoms with Gasteiger partial charge >= 0.3 is 51.4 Å². The number of hydrogen-bond acceptors (Lipinski definition) is 3. The first-order valence-corrected chi connectivity index (χ1v) is 7.62. The summed E-state index contributed by atoms with van der Waals surface area (Å²) in [7, 11) is -4.21. The Hall–Kier alpha value is 1.03. The second kappa shape index (κ2) is 9.23. The van der Waals surface area contributed by atoms with Gasteiger partial charge in [-0.3, -0.25) is 4.55 Å². The number of hydrogen-bond donors (Lipinski definition) is 1. The van der Waals surface area contributed by atoms with Gasteiger partial charge in [0.05, 0.1) is 4.90 Å². The van der Waals surface area contributed by atoms with Crippen LogP contribution in [0.2, 0.25) is 0 Å². The number of benzene rings is 2. The van der Waals surface area contributed by atoms with Gasteiger partial charge in [-0.25, -0.2) is 0 Å². The second-order valence-electron chi connectivity index (χ2n) is 3.53. The van der Waals surface area contributed by atoms with Crippen LogP contribution >= 0.6 is 24.0 Å². The van der Waals surface area contributed by atoms with E-state index >= 15 is 0 Å². The van der Waals surface area contributed by atoms with Crippen LogP contribution in [0.15, 0.2) is 69.3 Å². The molecular weight excluding hydrogens is 438 g/mol. The van der Waals surface area contributed by atoms with Crippen molar-refractivity contribution in [3.05, 3.63) is 54.6 Å². The van der Waals surface area contributed by atoms with E-state index in [-0.39, 0.29) is 80.3 Å². The van der Waals surface area contributed by atoms with Crippen molar-refractivity contribution in [1.82, 2.24) is 0 Å². The number of rotatable bonds is 3. The fourth-order valence-electron chi connectivity index (χ4n) is 1.42. The van der Waals surface area contributed by atoms with Crippen LogP contribution in [-0.2, 0) is 21.3 Å². The Bertz CT molecular complexity index is 632. The molecule has 0 heterocycles. The zero-order valence-corrected chi connectivity index (χ0v) is 13.6. The molecular formula is C12H12IKO4S2. The first-order valence-electron chi connectivity index (χ1n) is 5.03. The average molecular weight is 450 g/mol. The van der Waals surface area contributed by atoms with E-state index < -0.39 is 21.3 Å². The first-order chi connectivity index (χ1) is 8.48. The van der Waals surface area contributed by atoms with Crippen LogP contribution in [0.4, 0.5) is 0 Å². The monoisotopic (exact) mass is 450 g/mol. The van der Waals surface area contributed by atoms with Crippen molar-refractivity contribution in [2.75, 3.05) is 0 Å². The van der Waals surface area contributed by atoms with E-state index in [0.717, 1.165) is 0 Å².